The summed E-state index contributed by atoms with van der Waals surface area (Å²) < 4.78 is 32.9. The minimum absolute atomic E-state index is 0.00953. The molecule has 1 unspecified atom stereocenters. The van der Waals surface area contributed by atoms with Crippen molar-refractivity contribution in [1.29, 1.82) is 0 Å². The van der Waals surface area contributed by atoms with E-state index in [1.54, 1.807) is 6.26 Å². The summed E-state index contributed by atoms with van der Waals surface area (Å²) in [5.74, 6) is -0.0385. The van der Waals surface area contributed by atoms with Gasteiger partial charge in [0, 0.05) is 31.1 Å². The van der Waals surface area contributed by atoms with Crippen molar-refractivity contribution in [2.24, 2.45) is 11.7 Å². The SMILES string of the molecule is NC(=O)c1ccc(S(=O)(=O)N2CCC(C(=O)NCC(c3ccco3)N3CCCC3)CC2)cc1. The maximum atomic E-state index is 12.9. The number of nitrogens with zero attached hydrogens (tertiary/aromatic N) is 2. The van der Waals surface area contributed by atoms with E-state index >= 15 is 0 Å². The molecule has 9 nitrogen and oxygen atoms in total. The van der Waals surface area contributed by atoms with E-state index in [4.69, 9.17) is 10.2 Å². The van der Waals surface area contributed by atoms with E-state index in [0.717, 1.165) is 31.7 Å². The number of nitrogens with two attached hydrogens (primary N) is 1. The van der Waals surface area contributed by atoms with E-state index in [-0.39, 0.29) is 41.4 Å². The van der Waals surface area contributed by atoms with Gasteiger partial charge in [-0.3, -0.25) is 14.5 Å². The molecule has 2 saturated heterocycles. The lowest BCUT2D eigenvalue weighted by atomic mass is 9.97. The Morgan fingerprint density at radius 1 is 1.06 bits per heavy atom. The number of nitrogens with one attached hydrogen (secondary N) is 1. The second-order valence-electron chi connectivity index (χ2n) is 8.59. The first-order chi connectivity index (χ1) is 15.9. The van der Waals surface area contributed by atoms with Gasteiger partial charge >= 0.3 is 0 Å². The number of amides is 2. The molecule has 2 aliphatic heterocycles. The molecule has 3 N–H and O–H groups in total. The number of piperidine rings is 1. The number of rotatable bonds is 8. The zero-order valence-corrected chi connectivity index (χ0v) is 19.3. The van der Waals surface area contributed by atoms with Crippen molar-refractivity contribution >= 4 is 21.8 Å². The summed E-state index contributed by atoms with van der Waals surface area (Å²) in [7, 11) is -3.69. The molecular formula is C23H30N4O5S. The Hall–Kier alpha value is -2.69. The minimum atomic E-state index is -3.69. The smallest absolute Gasteiger partial charge is 0.248 e. The van der Waals surface area contributed by atoms with Crippen LogP contribution in [-0.2, 0) is 14.8 Å². The summed E-state index contributed by atoms with van der Waals surface area (Å²) in [5.41, 5.74) is 5.48. The lowest BCUT2D eigenvalue weighted by molar-refractivity contribution is -0.126. The summed E-state index contributed by atoms with van der Waals surface area (Å²) in [4.78, 5) is 26.5. The normalized spacial score (nSPS) is 19.4. The topological polar surface area (TPSA) is 126 Å². The van der Waals surface area contributed by atoms with E-state index in [1.165, 1.54) is 28.6 Å². The van der Waals surface area contributed by atoms with Gasteiger partial charge in [0.05, 0.1) is 17.2 Å². The average molecular weight is 475 g/mol. The zero-order valence-electron chi connectivity index (χ0n) is 18.5. The number of likely N-dealkylation sites (tertiary alicyclic amines) is 1. The third kappa shape index (κ3) is 5.29. The zero-order chi connectivity index (χ0) is 23.4. The van der Waals surface area contributed by atoms with Crippen LogP contribution in [0.2, 0.25) is 0 Å². The number of carbonyl (C=O) groups excluding carboxylic acids is 2. The third-order valence-electron chi connectivity index (χ3n) is 6.52. The first-order valence-electron chi connectivity index (χ1n) is 11.3. The first-order valence-corrected chi connectivity index (χ1v) is 12.8. The molecule has 4 rings (SSSR count). The Bertz CT molecular complexity index is 1050. The standard InChI is InChI=1S/C23H30N4O5S/c24-22(28)17-5-7-19(8-6-17)33(30,31)27-13-9-18(10-14-27)23(29)25-16-20(21-4-3-15-32-21)26-11-1-2-12-26/h3-8,15,18,20H,1-2,9-14,16H2,(H2,24,28)(H,25,29). The van der Waals surface area contributed by atoms with Crippen molar-refractivity contribution in [2.45, 2.75) is 36.6 Å². The van der Waals surface area contributed by atoms with Gasteiger partial charge in [0.15, 0.2) is 0 Å². The highest BCUT2D eigenvalue weighted by molar-refractivity contribution is 7.89. The summed E-state index contributed by atoms with van der Waals surface area (Å²) >= 11 is 0. The third-order valence-corrected chi connectivity index (χ3v) is 8.44. The molecule has 0 saturated carbocycles. The molecule has 0 radical (unpaired) electrons. The predicted molar refractivity (Wildman–Crippen MR) is 122 cm³/mol. The number of hydrogen-bond donors (Lipinski definition) is 2. The van der Waals surface area contributed by atoms with E-state index in [1.807, 2.05) is 12.1 Å². The molecule has 0 aliphatic carbocycles. The van der Waals surface area contributed by atoms with E-state index in [2.05, 4.69) is 10.2 Å². The molecule has 178 valence electrons. The highest BCUT2D eigenvalue weighted by Crippen LogP contribution is 2.27. The lowest BCUT2D eigenvalue weighted by Gasteiger charge is -2.31. The fraction of sp³-hybridized carbons (Fsp3) is 0.478. The molecule has 2 fully saturated rings. The van der Waals surface area contributed by atoms with Crippen molar-refractivity contribution in [3.8, 4) is 0 Å². The molecule has 3 heterocycles. The van der Waals surface area contributed by atoms with Crippen LogP contribution in [0.1, 0.15) is 47.8 Å². The van der Waals surface area contributed by atoms with E-state index in [9.17, 15) is 18.0 Å². The maximum absolute atomic E-state index is 12.9. The molecule has 1 aromatic heterocycles. The number of primary amides is 1. The van der Waals surface area contributed by atoms with Gasteiger partial charge in [-0.15, -0.1) is 0 Å². The minimum Gasteiger partial charge on any atom is -0.468 e. The van der Waals surface area contributed by atoms with Gasteiger partial charge in [-0.25, -0.2) is 8.42 Å². The van der Waals surface area contributed by atoms with Crippen LogP contribution in [0.3, 0.4) is 0 Å². The van der Waals surface area contributed by atoms with Crippen molar-refractivity contribution < 1.29 is 22.4 Å². The number of hydrogen-bond acceptors (Lipinski definition) is 6. The Balaban J connectivity index is 1.32. The van der Waals surface area contributed by atoms with Crippen LogP contribution in [-0.4, -0.2) is 62.2 Å². The molecule has 10 heteroatoms. The second-order valence-corrected chi connectivity index (χ2v) is 10.5. The van der Waals surface area contributed by atoms with Gasteiger partial charge in [-0.05, 0) is 75.2 Å². The quantitative estimate of drug-likeness (QED) is 0.600. The fourth-order valence-electron chi connectivity index (χ4n) is 4.58. The molecule has 0 bridgehead atoms. The van der Waals surface area contributed by atoms with Gasteiger partial charge in [0.1, 0.15) is 5.76 Å². The molecule has 33 heavy (non-hydrogen) atoms. The van der Waals surface area contributed by atoms with Crippen LogP contribution in [0.5, 0.6) is 0 Å². The molecule has 2 aliphatic rings. The Labute approximate surface area is 194 Å². The molecule has 2 aromatic rings. The van der Waals surface area contributed by atoms with Gasteiger partial charge in [0.25, 0.3) is 0 Å². The largest absolute Gasteiger partial charge is 0.468 e. The summed E-state index contributed by atoms with van der Waals surface area (Å²) in [6.07, 6.45) is 4.85. The van der Waals surface area contributed by atoms with Crippen LogP contribution < -0.4 is 11.1 Å². The van der Waals surface area contributed by atoms with Crippen LogP contribution in [0, 0.1) is 5.92 Å². The van der Waals surface area contributed by atoms with Crippen molar-refractivity contribution in [2.75, 3.05) is 32.7 Å². The Morgan fingerprint density at radius 2 is 1.73 bits per heavy atom. The number of benzene rings is 1. The van der Waals surface area contributed by atoms with Gasteiger partial charge < -0.3 is 15.5 Å². The van der Waals surface area contributed by atoms with Gasteiger partial charge in [0.2, 0.25) is 21.8 Å². The first kappa shape index (κ1) is 23.5. The van der Waals surface area contributed by atoms with E-state index < -0.39 is 15.9 Å². The fourth-order valence-corrected chi connectivity index (χ4v) is 6.05. The van der Waals surface area contributed by atoms with Crippen molar-refractivity contribution in [3.05, 3.63) is 54.0 Å². The molecule has 1 atom stereocenters. The van der Waals surface area contributed by atoms with Crippen LogP contribution in [0.15, 0.2) is 52.0 Å². The molecule has 1 aromatic carbocycles. The van der Waals surface area contributed by atoms with Gasteiger partial charge in [-0.2, -0.15) is 4.31 Å². The highest BCUT2D eigenvalue weighted by Gasteiger charge is 2.33. The number of carbonyl (C=O) groups is 2. The highest BCUT2D eigenvalue weighted by atomic mass is 32.2. The second kappa shape index (κ2) is 10.1. The monoisotopic (exact) mass is 474 g/mol. The Kier molecular flexibility index (Phi) is 7.16. The number of furan rings is 1. The van der Waals surface area contributed by atoms with Crippen molar-refractivity contribution in [1.82, 2.24) is 14.5 Å². The van der Waals surface area contributed by atoms with E-state index in [0.29, 0.717) is 19.4 Å². The summed E-state index contributed by atoms with van der Waals surface area (Å²) in [6.45, 7) is 2.98. The summed E-state index contributed by atoms with van der Waals surface area (Å²) in [5, 5.41) is 3.07. The van der Waals surface area contributed by atoms with Crippen LogP contribution in [0.4, 0.5) is 0 Å². The summed E-state index contributed by atoms with van der Waals surface area (Å²) in [6, 6.07) is 9.40. The van der Waals surface area contributed by atoms with Crippen LogP contribution >= 0.6 is 0 Å². The molecule has 2 amide bonds. The molecular weight excluding hydrogens is 444 g/mol. The maximum Gasteiger partial charge on any atom is 0.248 e. The average Bonchev–Trinajstić information content (AvgIpc) is 3.54. The number of sulfonamides is 1. The predicted octanol–water partition coefficient (Wildman–Crippen LogP) is 1.73. The van der Waals surface area contributed by atoms with Crippen LogP contribution in [0.25, 0.3) is 0 Å². The lowest BCUT2D eigenvalue weighted by Crippen LogP contribution is -2.44. The van der Waals surface area contributed by atoms with Gasteiger partial charge in [-0.1, -0.05) is 0 Å². The Morgan fingerprint density at radius 3 is 2.30 bits per heavy atom. The molecule has 0 spiro atoms. The van der Waals surface area contributed by atoms with Crippen molar-refractivity contribution in [3.63, 3.8) is 0 Å².